The zero-order chi connectivity index (χ0) is 18.4. The molecule has 0 N–H and O–H groups in total. The lowest BCUT2D eigenvalue weighted by molar-refractivity contribution is -0.125. The van der Waals surface area contributed by atoms with Crippen LogP contribution in [0.4, 0.5) is 0 Å². The molecule has 1 amide bonds. The first kappa shape index (κ1) is 19.3. The van der Waals surface area contributed by atoms with E-state index < -0.39 is 12.1 Å². The van der Waals surface area contributed by atoms with Gasteiger partial charge in [0, 0.05) is 29.6 Å². The molecule has 0 fully saturated rings. The van der Waals surface area contributed by atoms with Gasteiger partial charge in [0.2, 0.25) is 5.91 Å². The van der Waals surface area contributed by atoms with E-state index in [4.69, 9.17) is 16.3 Å². The molecule has 4 nitrogen and oxygen atoms in total. The molecular weight excluding hydrogens is 358 g/mol. The van der Waals surface area contributed by atoms with Crippen molar-refractivity contribution in [1.29, 1.82) is 0 Å². The lowest BCUT2D eigenvalue weighted by Crippen LogP contribution is -2.23. The Hall–Kier alpha value is -1.98. The number of carbonyl (C=O) groups excluding carboxylic acids is 2. The Bertz CT molecular complexity index is 764. The molecule has 0 aromatic heterocycles. The monoisotopic (exact) mass is 377 g/mol. The van der Waals surface area contributed by atoms with Crippen molar-refractivity contribution < 1.29 is 14.3 Å². The quantitative estimate of drug-likeness (QED) is 0.551. The molecule has 2 rings (SSSR count). The summed E-state index contributed by atoms with van der Waals surface area (Å²) in [6.07, 6.45) is -0.470. The van der Waals surface area contributed by atoms with Gasteiger partial charge in [-0.3, -0.25) is 4.79 Å². The van der Waals surface area contributed by atoms with Crippen molar-refractivity contribution in [2.24, 2.45) is 0 Å². The van der Waals surface area contributed by atoms with Crippen molar-refractivity contribution >= 4 is 35.2 Å². The molecule has 0 spiro atoms. The third kappa shape index (κ3) is 5.25. The van der Waals surface area contributed by atoms with Crippen LogP contribution in [0.15, 0.2) is 53.4 Å². The summed E-state index contributed by atoms with van der Waals surface area (Å²) in [7, 11) is 3.41. The number of hydrogen-bond donors (Lipinski definition) is 0. The van der Waals surface area contributed by atoms with Crippen LogP contribution < -0.4 is 0 Å². The highest BCUT2D eigenvalue weighted by atomic mass is 35.5. The fourth-order valence-electron chi connectivity index (χ4n) is 2.12. The van der Waals surface area contributed by atoms with Crippen molar-refractivity contribution in [3.63, 3.8) is 0 Å². The third-order valence-corrected chi connectivity index (χ3v) is 4.99. The molecule has 0 saturated heterocycles. The number of esters is 1. The van der Waals surface area contributed by atoms with E-state index in [1.165, 1.54) is 16.7 Å². The number of rotatable bonds is 6. The highest BCUT2D eigenvalue weighted by molar-refractivity contribution is 8.00. The van der Waals surface area contributed by atoms with E-state index in [0.717, 1.165) is 5.56 Å². The molecule has 0 aliphatic rings. The van der Waals surface area contributed by atoms with Gasteiger partial charge in [0.1, 0.15) is 6.10 Å². The minimum Gasteiger partial charge on any atom is -0.454 e. The fraction of sp³-hybridized carbons (Fsp3) is 0.263. The van der Waals surface area contributed by atoms with Crippen LogP contribution in [-0.4, -0.2) is 36.6 Å². The standard InChI is InChI=1S/C19H20ClNO3S/c1-13(14-8-4-6-10-16(14)20)24-19(23)15-9-5-7-11-17(15)25-12-18(22)21(2)3/h4-11,13H,12H2,1-3H3/t13-/m0/s1. The minimum atomic E-state index is -0.470. The van der Waals surface area contributed by atoms with Gasteiger partial charge < -0.3 is 9.64 Å². The summed E-state index contributed by atoms with van der Waals surface area (Å²) in [5.74, 6) is -0.192. The van der Waals surface area contributed by atoms with Crippen LogP contribution in [-0.2, 0) is 9.53 Å². The zero-order valence-corrected chi connectivity index (χ0v) is 15.9. The highest BCUT2D eigenvalue weighted by Crippen LogP contribution is 2.28. The zero-order valence-electron chi connectivity index (χ0n) is 14.4. The normalized spacial score (nSPS) is 11.7. The first-order chi connectivity index (χ1) is 11.9. The van der Waals surface area contributed by atoms with Crippen LogP contribution in [0.5, 0.6) is 0 Å². The average molecular weight is 378 g/mol. The van der Waals surface area contributed by atoms with Crippen molar-refractivity contribution in [2.45, 2.75) is 17.9 Å². The topological polar surface area (TPSA) is 46.6 Å². The predicted molar refractivity (Wildman–Crippen MR) is 101 cm³/mol. The number of halogens is 1. The first-order valence-corrected chi connectivity index (χ1v) is 9.14. The third-order valence-electron chi connectivity index (χ3n) is 3.58. The average Bonchev–Trinajstić information content (AvgIpc) is 2.60. The maximum absolute atomic E-state index is 12.6. The maximum Gasteiger partial charge on any atom is 0.339 e. The van der Waals surface area contributed by atoms with E-state index in [0.29, 0.717) is 15.5 Å². The Morgan fingerprint density at radius 1 is 1.12 bits per heavy atom. The van der Waals surface area contributed by atoms with E-state index in [9.17, 15) is 9.59 Å². The summed E-state index contributed by atoms with van der Waals surface area (Å²) < 4.78 is 5.57. The Morgan fingerprint density at radius 3 is 2.44 bits per heavy atom. The fourth-order valence-corrected chi connectivity index (χ4v) is 3.43. The predicted octanol–water partition coefficient (Wildman–Crippen LogP) is 4.44. The molecule has 0 saturated carbocycles. The lowest BCUT2D eigenvalue weighted by Gasteiger charge is -2.16. The van der Waals surface area contributed by atoms with Crippen molar-refractivity contribution in [3.05, 3.63) is 64.7 Å². The second kappa shape index (κ2) is 8.92. The van der Waals surface area contributed by atoms with Gasteiger partial charge in [-0.1, -0.05) is 41.9 Å². The van der Waals surface area contributed by atoms with Gasteiger partial charge >= 0.3 is 5.97 Å². The molecule has 1 atom stereocenters. The molecule has 0 heterocycles. The molecule has 6 heteroatoms. The van der Waals surface area contributed by atoms with Gasteiger partial charge in [-0.25, -0.2) is 4.79 Å². The van der Waals surface area contributed by atoms with Gasteiger partial charge in [0.05, 0.1) is 11.3 Å². The van der Waals surface area contributed by atoms with Gasteiger partial charge in [0.25, 0.3) is 0 Å². The van der Waals surface area contributed by atoms with E-state index in [1.807, 2.05) is 30.3 Å². The molecule has 132 valence electrons. The SMILES string of the molecule is C[C@H](OC(=O)c1ccccc1SCC(=O)N(C)C)c1ccccc1Cl. The number of ether oxygens (including phenoxy) is 1. The number of nitrogens with zero attached hydrogens (tertiary/aromatic N) is 1. The van der Waals surface area contributed by atoms with E-state index in [-0.39, 0.29) is 11.7 Å². The van der Waals surface area contributed by atoms with Gasteiger partial charge in [-0.2, -0.15) is 0 Å². The lowest BCUT2D eigenvalue weighted by atomic mass is 10.1. The minimum absolute atomic E-state index is 0.0161. The largest absolute Gasteiger partial charge is 0.454 e. The molecular formula is C19H20ClNO3S. The Morgan fingerprint density at radius 2 is 1.76 bits per heavy atom. The van der Waals surface area contributed by atoms with E-state index in [1.54, 1.807) is 39.2 Å². The molecule has 2 aromatic rings. The molecule has 0 aliphatic carbocycles. The summed E-state index contributed by atoms with van der Waals surface area (Å²) in [6, 6.07) is 14.4. The highest BCUT2D eigenvalue weighted by Gasteiger charge is 2.19. The number of amides is 1. The van der Waals surface area contributed by atoms with Crippen molar-refractivity contribution in [2.75, 3.05) is 19.8 Å². The van der Waals surface area contributed by atoms with Gasteiger partial charge in [0.15, 0.2) is 0 Å². The molecule has 0 unspecified atom stereocenters. The van der Waals surface area contributed by atoms with E-state index in [2.05, 4.69) is 0 Å². The van der Waals surface area contributed by atoms with Gasteiger partial charge in [-0.15, -0.1) is 11.8 Å². The smallest absolute Gasteiger partial charge is 0.339 e. The molecule has 0 bridgehead atoms. The molecule has 2 aromatic carbocycles. The first-order valence-electron chi connectivity index (χ1n) is 7.77. The van der Waals surface area contributed by atoms with Crippen LogP contribution in [0.25, 0.3) is 0 Å². The maximum atomic E-state index is 12.6. The summed E-state index contributed by atoms with van der Waals surface area (Å²) >= 11 is 7.48. The Labute approximate surface area is 157 Å². The van der Waals surface area contributed by atoms with Crippen LogP contribution in [0.1, 0.15) is 28.9 Å². The number of benzene rings is 2. The number of hydrogen-bond acceptors (Lipinski definition) is 4. The second-order valence-electron chi connectivity index (χ2n) is 5.64. The summed E-state index contributed by atoms with van der Waals surface area (Å²) in [5, 5.41) is 0.557. The van der Waals surface area contributed by atoms with Crippen LogP contribution in [0.3, 0.4) is 0 Å². The second-order valence-corrected chi connectivity index (χ2v) is 7.07. The molecule has 25 heavy (non-hydrogen) atoms. The van der Waals surface area contributed by atoms with Crippen molar-refractivity contribution in [1.82, 2.24) is 4.90 Å². The summed E-state index contributed by atoms with van der Waals surface area (Å²) in [6.45, 7) is 1.78. The molecule has 0 aliphatic heterocycles. The van der Waals surface area contributed by atoms with E-state index >= 15 is 0 Å². The van der Waals surface area contributed by atoms with Crippen LogP contribution in [0.2, 0.25) is 5.02 Å². The molecule has 0 radical (unpaired) electrons. The van der Waals surface area contributed by atoms with Crippen LogP contribution in [0, 0.1) is 0 Å². The summed E-state index contributed by atoms with van der Waals surface area (Å²) in [5.41, 5.74) is 1.20. The van der Waals surface area contributed by atoms with Crippen LogP contribution >= 0.6 is 23.4 Å². The Balaban J connectivity index is 2.11. The van der Waals surface area contributed by atoms with Crippen molar-refractivity contribution in [3.8, 4) is 0 Å². The number of carbonyl (C=O) groups is 2. The van der Waals surface area contributed by atoms with Gasteiger partial charge in [-0.05, 0) is 25.1 Å². The Kier molecular flexibility index (Phi) is 6.91. The summed E-state index contributed by atoms with van der Waals surface area (Å²) in [4.78, 5) is 26.6. The number of thioether (sulfide) groups is 1.